The van der Waals surface area contributed by atoms with Crippen LogP contribution in [-0.2, 0) is 23.9 Å². The first-order valence-corrected chi connectivity index (χ1v) is 11.8. The zero-order chi connectivity index (χ0) is 21.0. The zero-order valence-corrected chi connectivity index (χ0v) is 18.2. The molecule has 0 saturated heterocycles. The van der Waals surface area contributed by atoms with Gasteiger partial charge in [-0.1, -0.05) is 61.4 Å². The molecule has 3 rings (SSSR count). The molecule has 0 unspecified atom stereocenters. The molecule has 0 atom stereocenters. The molecule has 0 aliphatic carbocycles. The van der Waals surface area contributed by atoms with Crippen LogP contribution in [0.15, 0.2) is 60.8 Å². The van der Waals surface area contributed by atoms with Crippen molar-refractivity contribution in [3.8, 4) is 0 Å². The summed E-state index contributed by atoms with van der Waals surface area (Å²) in [6.07, 6.45) is 9.03. The Kier molecular flexibility index (Phi) is 9.68. The van der Waals surface area contributed by atoms with E-state index in [2.05, 4.69) is 58.8 Å². The molecular formula is C24H31N2O3P. The van der Waals surface area contributed by atoms with Crippen molar-refractivity contribution in [1.29, 1.82) is 0 Å². The Bertz CT molecular complexity index is 890. The van der Waals surface area contributed by atoms with E-state index in [0.717, 1.165) is 17.5 Å². The van der Waals surface area contributed by atoms with Crippen molar-refractivity contribution in [2.24, 2.45) is 0 Å². The summed E-state index contributed by atoms with van der Waals surface area (Å²) in [6.45, 7) is 1.50. The second-order valence-electron chi connectivity index (χ2n) is 7.45. The van der Waals surface area contributed by atoms with Crippen molar-refractivity contribution in [3.05, 3.63) is 77.5 Å². The van der Waals surface area contributed by atoms with E-state index in [0.29, 0.717) is 13.1 Å². The highest BCUT2D eigenvalue weighted by atomic mass is 31.2. The van der Waals surface area contributed by atoms with E-state index in [4.69, 9.17) is 14.3 Å². The van der Waals surface area contributed by atoms with Gasteiger partial charge in [-0.3, -0.25) is 4.98 Å². The summed E-state index contributed by atoms with van der Waals surface area (Å²) in [5.41, 5.74) is 4.98. The molecule has 3 N–H and O–H groups in total. The fourth-order valence-electron chi connectivity index (χ4n) is 3.72. The summed E-state index contributed by atoms with van der Waals surface area (Å²) in [7, 11) is -2.28. The largest absolute Gasteiger partial charge is 0.328 e. The maximum Gasteiger partial charge on any atom is 0.327 e. The minimum atomic E-state index is -2.28. The van der Waals surface area contributed by atoms with Crippen LogP contribution in [0.3, 0.4) is 0 Å². The van der Waals surface area contributed by atoms with Gasteiger partial charge in [-0.15, -0.1) is 0 Å². The molecule has 160 valence electrons. The van der Waals surface area contributed by atoms with Crippen LogP contribution in [0.4, 0.5) is 0 Å². The summed E-state index contributed by atoms with van der Waals surface area (Å²) in [6, 6.07) is 19.2. The van der Waals surface area contributed by atoms with Gasteiger partial charge in [0.25, 0.3) is 0 Å². The number of hydrogen-bond acceptors (Lipinski definition) is 5. The quantitative estimate of drug-likeness (QED) is 0.268. The molecule has 5 nitrogen and oxygen atoms in total. The Hall–Kier alpha value is -1.88. The van der Waals surface area contributed by atoms with E-state index in [1.807, 2.05) is 12.3 Å². The average Bonchev–Trinajstić information content (AvgIpc) is 2.77. The third kappa shape index (κ3) is 7.42. The average molecular weight is 426 g/mol. The molecule has 3 aromatic rings. The van der Waals surface area contributed by atoms with Crippen LogP contribution in [0.1, 0.15) is 42.4 Å². The molecule has 0 aliphatic heterocycles. The summed E-state index contributed by atoms with van der Waals surface area (Å²) in [5, 5.41) is 4.50. The first-order valence-electron chi connectivity index (χ1n) is 10.6. The van der Waals surface area contributed by atoms with Gasteiger partial charge in [-0.25, -0.2) is 0 Å². The SMILES string of the molecule is OP(O)OCCNCc1ccc(CCCCCCc2ccccc2)c2cccnc12. The number of nitrogens with one attached hydrogen (secondary N) is 1. The Balaban J connectivity index is 1.46. The van der Waals surface area contributed by atoms with E-state index < -0.39 is 8.60 Å². The third-order valence-electron chi connectivity index (χ3n) is 5.25. The van der Waals surface area contributed by atoms with E-state index in [-0.39, 0.29) is 6.61 Å². The van der Waals surface area contributed by atoms with Crippen LogP contribution < -0.4 is 5.32 Å². The van der Waals surface area contributed by atoms with Crippen LogP contribution in [0, 0.1) is 0 Å². The number of nitrogens with zero attached hydrogens (tertiary/aromatic N) is 1. The van der Waals surface area contributed by atoms with Crippen LogP contribution in [0.25, 0.3) is 10.9 Å². The predicted octanol–water partition coefficient (Wildman–Crippen LogP) is 4.90. The fourth-order valence-corrected chi connectivity index (χ4v) is 3.97. The standard InChI is InChI=1S/C24H31N2O3P/c27-30(28)29-18-17-25-19-22-15-14-21(23-13-8-16-26-24(22)23)12-7-2-1-4-9-20-10-5-3-6-11-20/h3,5-6,8,10-11,13-16,25,27-28H,1-2,4,7,9,12,17-19H2. The molecule has 0 spiro atoms. The van der Waals surface area contributed by atoms with Crippen molar-refractivity contribution in [2.45, 2.75) is 45.1 Å². The first kappa shape index (κ1) is 22.8. The monoisotopic (exact) mass is 426 g/mol. The molecule has 0 saturated carbocycles. The number of pyridine rings is 1. The highest BCUT2D eigenvalue weighted by Crippen LogP contribution is 2.24. The lowest BCUT2D eigenvalue weighted by Crippen LogP contribution is -2.18. The molecule has 0 amide bonds. The van der Waals surface area contributed by atoms with Gasteiger partial charge >= 0.3 is 8.60 Å². The van der Waals surface area contributed by atoms with E-state index >= 15 is 0 Å². The molecule has 2 aromatic carbocycles. The zero-order valence-electron chi connectivity index (χ0n) is 17.3. The van der Waals surface area contributed by atoms with Crippen molar-refractivity contribution in [3.63, 3.8) is 0 Å². The maximum absolute atomic E-state index is 8.77. The minimum absolute atomic E-state index is 0.270. The number of aromatic nitrogens is 1. The lowest BCUT2D eigenvalue weighted by Gasteiger charge is -2.12. The molecule has 1 heterocycles. The Morgan fingerprint density at radius 1 is 0.833 bits per heavy atom. The Morgan fingerprint density at radius 2 is 1.60 bits per heavy atom. The number of benzene rings is 2. The molecule has 0 radical (unpaired) electrons. The van der Waals surface area contributed by atoms with Gasteiger partial charge < -0.3 is 19.6 Å². The van der Waals surface area contributed by atoms with Crippen LogP contribution in [0.5, 0.6) is 0 Å². The second-order valence-corrected chi connectivity index (χ2v) is 8.21. The van der Waals surface area contributed by atoms with Gasteiger partial charge in [-0.2, -0.15) is 0 Å². The van der Waals surface area contributed by atoms with E-state index in [1.54, 1.807) is 0 Å². The first-order chi connectivity index (χ1) is 14.7. The molecule has 0 bridgehead atoms. The maximum atomic E-state index is 8.77. The number of fused-ring (bicyclic) bond motifs is 1. The summed E-state index contributed by atoms with van der Waals surface area (Å²) < 4.78 is 4.78. The molecular weight excluding hydrogens is 395 g/mol. The van der Waals surface area contributed by atoms with Crippen LogP contribution >= 0.6 is 8.60 Å². The Morgan fingerprint density at radius 3 is 2.40 bits per heavy atom. The molecule has 0 fully saturated rings. The fraction of sp³-hybridized carbons (Fsp3) is 0.375. The van der Waals surface area contributed by atoms with Crippen LogP contribution in [-0.4, -0.2) is 27.9 Å². The number of aryl methyl sites for hydroxylation is 2. The molecule has 0 aliphatic rings. The minimum Gasteiger partial charge on any atom is -0.328 e. The van der Waals surface area contributed by atoms with Crippen LogP contribution in [0.2, 0.25) is 0 Å². The van der Waals surface area contributed by atoms with Gasteiger partial charge in [0, 0.05) is 24.7 Å². The molecule has 1 aromatic heterocycles. The van der Waals surface area contributed by atoms with Gasteiger partial charge in [0.15, 0.2) is 0 Å². The summed E-state index contributed by atoms with van der Waals surface area (Å²) in [4.78, 5) is 22.2. The lowest BCUT2D eigenvalue weighted by molar-refractivity contribution is 0.254. The highest BCUT2D eigenvalue weighted by molar-refractivity contribution is 7.39. The van der Waals surface area contributed by atoms with E-state index in [9.17, 15) is 0 Å². The van der Waals surface area contributed by atoms with Gasteiger partial charge in [0.1, 0.15) is 0 Å². The summed E-state index contributed by atoms with van der Waals surface area (Å²) >= 11 is 0. The summed E-state index contributed by atoms with van der Waals surface area (Å²) in [5.74, 6) is 0. The third-order valence-corrected chi connectivity index (χ3v) is 5.66. The topological polar surface area (TPSA) is 74.6 Å². The molecule has 30 heavy (non-hydrogen) atoms. The normalized spacial score (nSPS) is 11.4. The van der Waals surface area contributed by atoms with E-state index in [1.165, 1.54) is 48.6 Å². The van der Waals surface area contributed by atoms with Crippen molar-refractivity contribution in [2.75, 3.05) is 13.2 Å². The second kappa shape index (κ2) is 12.7. The van der Waals surface area contributed by atoms with Crippen molar-refractivity contribution >= 4 is 19.5 Å². The number of rotatable bonds is 13. The van der Waals surface area contributed by atoms with Gasteiger partial charge in [0.05, 0.1) is 12.1 Å². The highest BCUT2D eigenvalue weighted by Gasteiger charge is 2.07. The predicted molar refractivity (Wildman–Crippen MR) is 123 cm³/mol. The van der Waals surface area contributed by atoms with Gasteiger partial charge in [0.2, 0.25) is 0 Å². The Labute approximate surface area is 180 Å². The van der Waals surface area contributed by atoms with Crippen molar-refractivity contribution in [1.82, 2.24) is 10.3 Å². The van der Waals surface area contributed by atoms with Crippen molar-refractivity contribution < 1.29 is 14.3 Å². The smallest absolute Gasteiger partial charge is 0.327 e. The number of hydrogen-bond donors (Lipinski definition) is 3. The van der Waals surface area contributed by atoms with Gasteiger partial charge in [-0.05, 0) is 48.4 Å². The molecule has 6 heteroatoms. The lowest BCUT2D eigenvalue weighted by atomic mass is 9.98. The number of unbranched alkanes of at least 4 members (excludes halogenated alkanes) is 3.